The topological polar surface area (TPSA) is 74.8 Å². The van der Waals surface area contributed by atoms with E-state index >= 15 is 0 Å². The van der Waals surface area contributed by atoms with Crippen LogP contribution >= 0.6 is 0 Å². The molecule has 2 aliphatic heterocycles. The molecule has 3 N–H and O–H groups in total. The quantitative estimate of drug-likeness (QED) is 0.583. The molecule has 2 heterocycles. The minimum atomic E-state index is 0.497. The van der Waals surface area contributed by atoms with Crippen LogP contribution in [0.3, 0.4) is 0 Å². The van der Waals surface area contributed by atoms with Crippen molar-refractivity contribution in [3.8, 4) is 5.75 Å². The molecule has 0 aromatic heterocycles. The van der Waals surface area contributed by atoms with Crippen molar-refractivity contribution in [2.75, 3.05) is 25.5 Å². The Labute approximate surface area is 129 Å². The van der Waals surface area contributed by atoms with Gasteiger partial charge in [0.25, 0.3) is 0 Å². The van der Waals surface area contributed by atoms with Crippen LogP contribution in [0.2, 0.25) is 0 Å². The third-order valence-electron chi connectivity index (χ3n) is 3.99. The number of aliphatic imine (C=N–C) groups is 1. The molecule has 0 radical (unpaired) electrons. The van der Waals surface area contributed by atoms with Crippen molar-refractivity contribution >= 4 is 18.3 Å². The number of hydrogen-bond acceptors (Lipinski definition) is 5. The van der Waals surface area contributed by atoms with E-state index in [0.29, 0.717) is 23.9 Å². The first-order valence-corrected chi connectivity index (χ1v) is 7.48. The van der Waals surface area contributed by atoms with Crippen molar-refractivity contribution in [3.05, 3.63) is 35.3 Å². The molecular formula is C16H20N4O2. The van der Waals surface area contributed by atoms with Crippen LogP contribution in [0.5, 0.6) is 5.75 Å². The number of benzene rings is 1. The minimum absolute atomic E-state index is 0.497. The Bertz CT molecular complexity index is 619. The molecule has 22 heavy (non-hydrogen) atoms. The molecule has 0 bridgehead atoms. The first kappa shape index (κ1) is 14.6. The van der Waals surface area contributed by atoms with Crippen LogP contribution < -0.4 is 20.7 Å². The summed E-state index contributed by atoms with van der Waals surface area (Å²) in [5.74, 6) is 2.31. The number of hydrogen-bond donors (Lipinski definition) is 3. The third kappa shape index (κ3) is 2.96. The van der Waals surface area contributed by atoms with E-state index in [4.69, 9.17) is 4.74 Å². The molecule has 6 nitrogen and oxygen atoms in total. The van der Waals surface area contributed by atoms with Crippen LogP contribution in [-0.4, -0.2) is 32.8 Å². The van der Waals surface area contributed by atoms with Crippen molar-refractivity contribution < 1.29 is 9.53 Å². The normalized spacial score (nSPS) is 18.6. The fraction of sp³-hybridized carbons (Fsp3) is 0.375. The van der Waals surface area contributed by atoms with Crippen LogP contribution in [0.4, 0.5) is 5.69 Å². The van der Waals surface area contributed by atoms with Gasteiger partial charge in [-0.15, -0.1) is 0 Å². The molecule has 0 unspecified atom stereocenters. The van der Waals surface area contributed by atoms with Crippen LogP contribution in [0.1, 0.15) is 24.3 Å². The van der Waals surface area contributed by atoms with Gasteiger partial charge in [-0.1, -0.05) is 6.07 Å². The Balaban J connectivity index is 1.87. The molecular weight excluding hydrogens is 280 g/mol. The van der Waals surface area contributed by atoms with E-state index in [-0.39, 0.29) is 0 Å². The second kappa shape index (κ2) is 6.62. The van der Waals surface area contributed by atoms with Crippen molar-refractivity contribution in [3.63, 3.8) is 0 Å². The summed E-state index contributed by atoms with van der Waals surface area (Å²) < 4.78 is 5.81. The Morgan fingerprint density at radius 1 is 1.36 bits per heavy atom. The average Bonchev–Trinajstić information content (AvgIpc) is 2.56. The maximum atomic E-state index is 10.8. The molecule has 1 fully saturated rings. The molecule has 1 amide bonds. The second-order valence-electron chi connectivity index (χ2n) is 5.40. The summed E-state index contributed by atoms with van der Waals surface area (Å²) in [6.45, 7) is 2.11. The van der Waals surface area contributed by atoms with E-state index in [2.05, 4.69) is 33.1 Å². The molecule has 1 aromatic rings. The van der Waals surface area contributed by atoms with Gasteiger partial charge in [-0.05, 0) is 49.5 Å². The first-order valence-electron chi connectivity index (χ1n) is 7.48. The van der Waals surface area contributed by atoms with Gasteiger partial charge in [-0.3, -0.25) is 9.79 Å². The number of anilines is 1. The van der Waals surface area contributed by atoms with Crippen LogP contribution in [0.15, 0.2) is 34.8 Å². The van der Waals surface area contributed by atoms with Gasteiger partial charge in [-0.25, -0.2) is 0 Å². The number of fused-ring (bicyclic) bond motifs is 1. The third-order valence-corrected chi connectivity index (χ3v) is 3.99. The van der Waals surface area contributed by atoms with E-state index in [9.17, 15) is 4.79 Å². The largest absolute Gasteiger partial charge is 0.450 e. The number of nitrogens with zero attached hydrogens (tertiary/aromatic N) is 1. The zero-order chi connectivity index (χ0) is 15.4. The molecule has 1 saturated heterocycles. The minimum Gasteiger partial charge on any atom is -0.450 e. The number of carbonyl (C=O) groups excluding carboxylic acids is 1. The zero-order valence-electron chi connectivity index (χ0n) is 12.6. The summed E-state index contributed by atoms with van der Waals surface area (Å²) in [6.07, 6.45) is 4.48. The number of rotatable bonds is 4. The van der Waals surface area contributed by atoms with Crippen LogP contribution in [-0.2, 0) is 4.79 Å². The Morgan fingerprint density at radius 2 is 2.18 bits per heavy atom. The van der Waals surface area contributed by atoms with Crippen LogP contribution in [0.25, 0.3) is 0 Å². The van der Waals surface area contributed by atoms with Gasteiger partial charge in [0.2, 0.25) is 6.41 Å². The highest BCUT2D eigenvalue weighted by molar-refractivity contribution is 5.82. The summed E-state index contributed by atoms with van der Waals surface area (Å²) in [6, 6.07) is 6.20. The molecule has 2 aliphatic rings. The standard InChI is InChI=1S/C16H20N4O2/c1-17-9-15-16(19-10-21)20-13-8-12(2-3-14(13)22-15)11-4-6-18-7-5-11/h2-3,8-11,18,20H,4-7H2,1H3,(H,19,21). The Morgan fingerprint density at radius 3 is 2.91 bits per heavy atom. The smallest absolute Gasteiger partial charge is 0.212 e. The summed E-state index contributed by atoms with van der Waals surface area (Å²) >= 11 is 0. The van der Waals surface area contributed by atoms with Gasteiger partial charge >= 0.3 is 0 Å². The van der Waals surface area contributed by atoms with E-state index < -0.39 is 0 Å². The lowest BCUT2D eigenvalue weighted by atomic mass is 9.90. The van der Waals surface area contributed by atoms with Gasteiger partial charge in [-0.2, -0.15) is 0 Å². The summed E-state index contributed by atoms with van der Waals surface area (Å²) in [4.78, 5) is 14.7. The highest BCUT2D eigenvalue weighted by Crippen LogP contribution is 2.36. The maximum Gasteiger partial charge on any atom is 0.212 e. The van der Waals surface area contributed by atoms with Crippen molar-refractivity contribution in [2.45, 2.75) is 18.8 Å². The van der Waals surface area contributed by atoms with Crippen molar-refractivity contribution in [1.82, 2.24) is 10.6 Å². The first-order chi connectivity index (χ1) is 10.8. The molecule has 6 heteroatoms. The monoisotopic (exact) mass is 300 g/mol. The van der Waals surface area contributed by atoms with Crippen LogP contribution in [0, 0.1) is 0 Å². The second-order valence-corrected chi connectivity index (χ2v) is 5.40. The molecule has 0 spiro atoms. The van der Waals surface area contributed by atoms with E-state index in [1.807, 2.05) is 6.07 Å². The van der Waals surface area contributed by atoms with E-state index in [0.717, 1.165) is 37.4 Å². The average molecular weight is 300 g/mol. The lowest BCUT2D eigenvalue weighted by molar-refractivity contribution is -0.108. The predicted octanol–water partition coefficient (Wildman–Crippen LogP) is 1.57. The molecule has 0 atom stereocenters. The van der Waals surface area contributed by atoms with Gasteiger partial charge in [0.15, 0.2) is 17.3 Å². The number of nitrogens with one attached hydrogen (secondary N) is 3. The molecule has 0 aliphatic carbocycles. The number of amides is 1. The lowest BCUT2D eigenvalue weighted by Gasteiger charge is -2.26. The maximum absolute atomic E-state index is 10.8. The number of piperidine rings is 1. The SMILES string of the molecule is CN=CC1=C(NC=O)Nc2cc(C3CCNCC3)ccc2O1. The zero-order valence-corrected chi connectivity index (χ0v) is 12.6. The Hall–Kier alpha value is -2.34. The number of carbonyl (C=O) groups is 1. The summed E-state index contributed by atoms with van der Waals surface area (Å²) in [5, 5.41) is 9.22. The van der Waals surface area contributed by atoms with Crippen molar-refractivity contribution in [1.29, 1.82) is 0 Å². The fourth-order valence-corrected chi connectivity index (χ4v) is 2.88. The number of ether oxygens (including phenoxy) is 1. The Kier molecular flexibility index (Phi) is 4.39. The molecule has 3 rings (SSSR count). The van der Waals surface area contributed by atoms with Gasteiger partial charge in [0, 0.05) is 7.05 Å². The molecule has 116 valence electrons. The lowest BCUT2D eigenvalue weighted by Crippen LogP contribution is -2.27. The van der Waals surface area contributed by atoms with E-state index in [1.54, 1.807) is 13.3 Å². The number of allylic oxidation sites excluding steroid dienone is 1. The van der Waals surface area contributed by atoms with Crippen molar-refractivity contribution in [2.24, 2.45) is 4.99 Å². The summed E-state index contributed by atoms with van der Waals surface area (Å²) in [7, 11) is 1.66. The van der Waals surface area contributed by atoms with Gasteiger partial charge < -0.3 is 20.7 Å². The summed E-state index contributed by atoms with van der Waals surface area (Å²) in [5.41, 5.74) is 2.17. The van der Waals surface area contributed by atoms with Gasteiger partial charge in [0.1, 0.15) is 0 Å². The fourth-order valence-electron chi connectivity index (χ4n) is 2.88. The molecule has 1 aromatic carbocycles. The van der Waals surface area contributed by atoms with E-state index in [1.165, 1.54) is 5.56 Å². The van der Waals surface area contributed by atoms with Gasteiger partial charge in [0.05, 0.1) is 11.9 Å². The molecule has 0 saturated carbocycles. The highest BCUT2D eigenvalue weighted by atomic mass is 16.5. The predicted molar refractivity (Wildman–Crippen MR) is 86.2 cm³/mol. The highest BCUT2D eigenvalue weighted by Gasteiger charge is 2.21.